The Morgan fingerprint density at radius 3 is 2.58 bits per heavy atom. The molecule has 0 bridgehead atoms. The smallest absolute Gasteiger partial charge is 0.317 e. The summed E-state index contributed by atoms with van der Waals surface area (Å²) in [6.45, 7) is 7.59. The topological polar surface area (TPSA) is 70.1 Å². The van der Waals surface area contributed by atoms with Gasteiger partial charge in [-0.2, -0.15) is 0 Å². The number of halogens is 1. The van der Waals surface area contributed by atoms with Crippen molar-refractivity contribution in [2.75, 3.05) is 26.2 Å². The van der Waals surface area contributed by atoms with Gasteiger partial charge in [-0.3, -0.25) is 14.5 Å². The second kappa shape index (κ2) is 9.24. The normalized spacial score (nSPS) is 16.6. The number of carboxylic acid groups (broad SMARTS) is 1. The number of piperidine rings is 1. The van der Waals surface area contributed by atoms with Crippen LogP contribution >= 0.6 is 11.6 Å². The quantitative estimate of drug-likeness (QED) is 0.785. The van der Waals surface area contributed by atoms with Crippen molar-refractivity contribution in [2.24, 2.45) is 0 Å². The molecule has 1 fully saturated rings. The SMILES string of the molecule is CCN(CC(=O)O)C1CCN(C(=O)C(C)Oc2ccc(Cl)cc2C)CC1. The molecule has 6 nitrogen and oxygen atoms in total. The summed E-state index contributed by atoms with van der Waals surface area (Å²) in [5.41, 5.74) is 0.892. The fraction of sp³-hybridized carbons (Fsp3) is 0.579. The summed E-state index contributed by atoms with van der Waals surface area (Å²) < 4.78 is 5.83. The molecule has 0 aliphatic carbocycles. The summed E-state index contributed by atoms with van der Waals surface area (Å²) in [5, 5.41) is 9.64. The van der Waals surface area contributed by atoms with Crippen molar-refractivity contribution in [1.82, 2.24) is 9.80 Å². The van der Waals surface area contributed by atoms with Crippen LogP contribution in [0, 0.1) is 6.92 Å². The molecule has 1 aliphatic rings. The Kier molecular flexibility index (Phi) is 7.29. The van der Waals surface area contributed by atoms with Gasteiger partial charge in [-0.1, -0.05) is 18.5 Å². The molecular weight excluding hydrogens is 356 g/mol. The number of benzene rings is 1. The summed E-state index contributed by atoms with van der Waals surface area (Å²) in [7, 11) is 0. The monoisotopic (exact) mass is 382 g/mol. The van der Waals surface area contributed by atoms with Gasteiger partial charge in [0.1, 0.15) is 5.75 Å². The van der Waals surface area contributed by atoms with Crippen LogP contribution < -0.4 is 4.74 Å². The molecule has 2 rings (SSSR count). The minimum Gasteiger partial charge on any atom is -0.481 e. The average molecular weight is 383 g/mol. The van der Waals surface area contributed by atoms with Gasteiger partial charge >= 0.3 is 5.97 Å². The Hall–Kier alpha value is -1.79. The highest BCUT2D eigenvalue weighted by Gasteiger charge is 2.30. The van der Waals surface area contributed by atoms with E-state index in [1.54, 1.807) is 30.0 Å². The second-order valence-electron chi connectivity index (χ2n) is 6.68. The van der Waals surface area contributed by atoms with Crippen LogP contribution in [0.25, 0.3) is 0 Å². The summed E-state index contributed by atoms with van der Waals surface area (Å²) >= 11 is 5.95. The minimum atomic E-state index is -0.814. The van der Waals surface area contributed by atoms with E-state index in [9.17, 15) is 9.59 Å². The van der Waals surface area contributed by atoms with Crippen molar-refractivity contribution >= 4 is 23.5 Å². The lowest BCUT2D eigenvalue weighted by atomic mass is 10.0. The molecule has 1 heterocycles. The Balaban J connectivity index is 1.89. The molecule has 144 valence electrons. The second-order valence-corrected chi connectivity index (χ2v) is 7.12. The average Bonchev–Trinajstić information content (AvgIpc) is 2.61. The summed E-state index contributed by atoms with van der Waals surface area (Å²) in [4.78, 5) is 27.4. The molecule has 1 saturated heterocycles. The van der Waals surface area contributed by atoms with E-state index >= 15 is 0 Å². The van der Waals surface area contributed by atoms with Crippen molar-refractivity contribution in [1.29, 1.82) is 0 Å². The third-order valence-corrected chi connectivity index (χ3v) is 5.06. The van der Waals surface area contributed by atoms with Crippen LogP contribution in [0.5, 0.6) is 5.75 Å². The molecular formula is C19H27ClN2O4. The first-order valence-electron chi connectivity index (χ1n) is 8.99. The maximum Gasteiger partial charge on any atom is 0.317 e. The first-order chi connectivity index (χ1) is 12.3. The molecule has 26 heavy (non-hydrogen) atoms. The zero-order chi connectivity index (χ0) is 19.3. The maximum absolute atomic E-state index is 12.7. The predicted molar refractivity (Wildman–Crippen MR) is 101 cm³/mol. The zero-order valence-electron chi connectivity index (χ0n) is 15.6. The first kappa shape index (κ1) is 20.5. The molecule has 1 aliphatic heterocycles. The molecule has 1 aromatic carbocycles. The number of hydrogen-bond acceptors (Lipinski definition) is 4. The van der Waals surface area contributed by atoms with E-state index in [2.05, 4.69) is 0 Å². The van der Waals surface area contributed by atoms with E-state index in [1.807, 2.05) is 18.7 Å². The van der Waals surface area contributed by atoms with Crippen molar-refractivity contribution in [3.63, 3.8) is 0 Å². The largest absolute Gasteiger partial charge is 0.481 e. The van der Waals surface area contributed by atoms with Gasteiger partial charge in [-0.15, -0.1) is 0 Å². The maximum atomic E-state index is 12.7. The van der Waals surface area contributed by atoms with Gasteiger partial charge in [0, 0.05) is 24.2 Å². The summed E-state index contributed by atoms with van der Waals surface area (Å²) in [6.07, 6.45) is 0.978. The molecule has 0 radical (unpaired) electrons. The lowest BCUT2D eigenvalue weighted by Gasteiger charge is -2.38. The molecule has 0 aromatic heterocycles. The predicted octanol–water partition coefficient (Wildman–Crippen LogP) is 2.81. The molecule has 1 unspecified atom stereocenters. The van der Waals surface area contributed by atoms with Crippen molar-refractivity contribution in [3.8, 4) is 5.75 Å². The van der Waals surface area contributed by atoms with Crippen LogP contribution in [-0.2, 0) is 9.59 Å². The van der Waals surface area contributed by atoms with Crippen LogP contribution in [0.4, 0.5) is 0 Å². The van der Waals surface area contributed by atoms with Crippen LogP contribution in [0.2, 0.25) is 5.02 Å². The van der Waals surface area contributed by atoms with Gasteiger partial charge in [-0.25, -0.2) is 0 Å². The Morgan fingerprint density at radius 2 is 2.04 bits per heavy atom. The highest BCUT2D eigenvalue weighted by molar-refractivity contribution is 6.30. The Bertz CT molecular complexity index is 644. The zero-order valence-corrected chi connectivity index (χ0v) is 16.3. The fourth-order valence-corrected chi connectivity index (χ4v) is 3.59. The number of hydrogen-bond donors (Lipinski definition) is 1. The number of likely N-dealkylation sites (tertiary alicyclic amines) is 1. The first-order valence-corrected chi connectivity index (χ1v) is 9.37. The number of rotatable bonds is 7. The van der Waals surface area contributed by atoms with Crippen LogP contribution in [0.15, 0.2) is 18.2 Å². The minimum absolute atomic E-state index is 0.0425. The molecule has 0 saturated carbocycles. The lowest BCUT2D eigenvalue weighted by Crippen LogP contribution is -2.50. The fourth-order valence-electron chi connectivity index (χ4n) is 3.37. The number of amides is 1. The third kappa shape index (κ3) is 5.35. The number of ether oxygens (including phenoxy) is 1. The molecule has 1 amide bonds. The van der Waals surface area contributed by atoms with Crippen molar-refractivity contribution in [3.05, 3.63) is 28.8 Å². The van der Waals surface area contributed by atoms with Crippen LogP contribution in [0.1, 0.15) is 32.3 Å². The Labute approximate surface area is 159 Å². The number of nitrogens with zero attached hydrogens (tertiary/aromatic N) is 2. The van der Waals surface area contributed by atoms with E-state index < -0.39 is 12.1 Å². The van der Waals surface area contributed by atoms with Gasteiger partial charge in [0.15, 0.2) is 6.10 Å². The Morgan fingerprint density at radius 1 is 1.38 bits per heavy atom. The van der Waals surface area contributed by atoms with E-state index in [-0.39, 0.29) is 18.5 Å². The molecule has 1 atom stereocenters. The van der Waals surface area contributed by atoms with Crippen LogP contribution in [-0.4, -0.2) is 65.1 Å². The van der Waals surface area contributed by atoms with E-state index in [1.165, 1.54) is 0 Å². The summed E-state index contributed by atoms with van der Waals surface area (Å²) in [5.74, 6) is -0.200. The highest BCUT2D eigenvalue weighted by atomic mass is 35.5. The van der Waals surface area contributed by atoms with Gasteiger partial charge in [0.2, 0.25) is 0 Å². The number of carboxylic acids is 1. The van der Waals surface area contributed by atoms with E-state index in [0.717, 1.165) is 18.4 Å². The van der Waals surface area contributed by atoms with Gasteiger partial charge in [0.25, 0.3) is 5.91 Å². The van der Waals surface area contributed by atoms with E-state index in [4.69, 9.17) is 21.4 Å². The van der Waals surface area contributed by atoms with Gasteiger partial charge in [0.05, 0.1) is 6.54 Å². The van der Waals surface area contributed by atoms with Crippen molar-refractivity contribution < 1.29 is 19.4 Å². The number of carbonyl (C=O) groups excluding carboxylic acids is 1. The molecule has 7 heteroatoms. The number of aryl methyl sites for hydroxylation is 1. The summed E-state index contributed by atoms with van der Waals surface area (Å²) in [6, 6.07) is 5.53. The number of likely N-dealkylation sites (N-methyl/N-ethyl adjacent to an activating group) is 1. The third-order valence-electron chi connectivity index (χ3n) is 4.83. The van der Waals surface area contributed by atoms with Crippen molar-refractivity contribution in [2.45, 2.75) is 45.8 Å². The molecule has 1 N–H and O–H groups in total. The highest BCUT2D eigenvalue weighted by Crippen LogP contribution is 2.24. The number of aliphatic carboxylic acids is 1. The van der Waals surface area contributed by atoms with Gasteiger partial charge < -0.3 is 14.7 Å². The standard InChI is InChI=1S/C19H27ClN2O4/c1-4-21(12-18(23)24)16-7-9-22(10-8-16)19(25)14(3)26-17-6-5-15(20)11-13(17)2/h5-6,11,14,16H,4,7-10,12H2,1-3H3,(H,23,24). The molecule has 1 aromatic rings. The van der Waals surface area contributed by atoms with Crippen LogP contribution in [0.3, 0.4) is 0 Å². The van der Waals surface area contributed by atoms with E-state index in [0.29, 0.717) is 30.4 Å². The van der Waals surface area contributed by atoms with Gasteiger partial charge in [-0.05, 0) is 57.0 Å². The lowest BCUT2D eigenvalue weighted by molar-refractivity contribution is -0.142. The number of carbonyl (C=O) groups is 2. The molecule has 0 spiro atoms.